The molecule has 3 N–H and O–H groups in total. The van der Waals surface area contributed by atoms with Crippen molar-refractivity contribution in [1.82, 2.24) is 15.8 Å². The van der Waals surface area contributed by atoms with Gasteiger partial charge in [0, 0.05) is 25.5 Å². The molecule has 1 atom stereocenters. The highest BCUT2D eigenvalue weighted by Crippen LogP contribution is 2.25. The first-order chi connectivity index (χ1) is 11.9. The SMILES string of the molecule is C=CCc1cc(Cl)c(F)cc1NCC(=O)NC(CC)C1=CN(C)NC1. The Balaban J connectivity index is 1.98. The Morgan fingerprint density at radius 1 is 1.56 bits per heavy atom. The van der Waals surface area contributed by atoms with Gasteiger partial charge < -0.3 is 15.6 Å². The standard InChI is InChI=1S/C18H24ClFN4O/c1-4-6-12-7-14(19)15(20)8-17(12)21-10-18(25)23-16(5-2)13-9-22-24(3)11-13/h4,7-8,11,16,21-22H,1,5-6,9-10H2,2-3H3,(H,23,25). The molecule has 0 fully saturated rings. The maximum atomic E-state index is 13.7. The fraction of sp³-hybridized carbons (Fsp3) is 0.389. The Morgan fingerprint density at radius 2 is 2.32 bits per heavy atom. The third kappa shape index (κ3) is 5.21. The van der Waals surface area contributed by atoms with Crippen LogP contribution in [-0.4, -0.2) is 37.1 Å². The number of halogens is 2. The van der Waals surface area contributed by atoms with Crippen molar-refractivity contribution in [3.63, 3.8) is 0 Å². The molecule has 1 aromatic rings. The molecule has 136 valence electrons. The molecule has 0 saturated heterocycles. The van der Waals surface area contributed by atoms with E-state index in [1.54, 1.807) is 12.1 Å². The van der Waals surface area contributed by atoms with Crippen molar-refractivity contribution < 1.29 is 9.18 Å². The lowest BCUT2D eigenvalue weighted by molar-refractivity contribution is -0.119. The van der Waals surface area contributed by atoms with E-state index in [0.717, 1.165) is 17.6 Å². The lowest BCUT2D eigenvalue weighted by Gasteiger charge is -2.18. The van der Waals surface area contributed by atoms with E-state index < -0.39 is 5.82 Å². The fourth-order valence-electron chi connectivity index (χ4n) is 2.72. The van der Waals surface area contributed by atoms with E-state index in [4.69, 9.17) is 11.6 Å². The minimum Gasteiger partial charge on any atom is -0.376 e. The summed E-state index contributed by atoms with van der Waals surface area (Å²) in [6.07, 6.45) is 5.02. The van der Waals surface area contributed by atoms with Crippen molar-refractivity contribution in [3.8, 4) is 0 Å². The van der Waals surface area contributed by atoms with Crippen LogP contribution in [0.5, 0.6) is 0 Å². The van der Waals surface area contributed by atoms with Crippen molar-refractivity contribution in [3.05, 3.63) is 53.0 Å². The maximum Gasteiger partial charge on any atom is 0.239 e. The van der Waals surface area contributed by atoms with Crippen LogP contribution in [0.15, 0.2) is 36.6 Å². The van der Waals surface area contributed by atoms with E-state index in [2.05, 4.69) is 22.6 Å². The highest BCUT2D eigenvalue weighted by atomic mass is 35.5. The molecule has 0 aromatic heterocycles. The second kappa shape index (κ2) is 8.87. The quantitative estimate of drug-likeness (QED) is 0.619. The smallest absolute Gasteiger partial charge is 0.239 e. The van der Waals surface area contributed by atoms with Gasteiger partial charge in [0.05, 0.1) is 17.6 Å². The zero-order valence-electron chi connectivity index (χ0n) is 14.5. The molecule has 1 aliphatic rings. The molecular formula is C18H24ClFN4O. The molecule has 1 amide bonds. The van der Waals surface area contributed by atoms with Gasteiger partial charge in [0.15, 0.2) is 0 Å². The molecule has 5 nitrogen and oxygen atoms in total. The molecule has 25 heavy (non-hydrogen) atoms. The van der Waals surface area contributed by atoms with Gasteiger partial charge in [-0.2, -0.15) is 0 Å². The topological polar surface area (TPSA) is 56.4 Å². The number of allylic oxidation sites excluding steroid dienone is 1. The molecule has 0 radical (unpaired) electrons. The number of benzene rings is 1. The fourth-order valence-corrected chi connectivity index (χ4v) is 2.91. The Morgan fingerprint density at radius 3 is 2.92 bits per heavy atom. The average molecular weight is 367 g/mol. The number of rotatable bonds is 8. The number of amides is 1. The summed E-state index contributed by atoms with van der Waals surface area (Å²) in [5, 5.41) is 7.92. The highest BCUT2D eigenvalue weighted by molar-refractivity contribution is 6.30. The number of nitrogens with one attached hydrogen (secondary N) is 3. The summed E-state index contributed by atoms with van der Waals surface area (Å²) in [6.45, 7) is 6.48. The number of carbonyl (C=O) groups excluding carboxylic acids is 1. The zero-order chi connectivity index (χ0) is 18.4. The van der Waals surface area contributed by atoms with Crippen molar-refractivity contribution in [2.24, 2.45) is 0 Å². The van der Waals surface area contributed by atoms with Crippen molar-refractivity contribution in [2.75, 3.05) is 25.5 Å². The van der Waals surface area contributed by atoms with E-state index in [-0.39, 0.29) is 23.5 Å². The van der Waals surface area contributed by atoms with Crippen LogP contribution in [0.3, 0.4) is 0 Å². The molecule has 0 bridgehead atoms. The van der Waals surface area contributed by atoms with Crippen LogP contribution >= 0.6 is 11.6 Å². The van der Waals surface area contributed by atoms with Crippen LogP contribution in [0.25, 0.3) is 0 Å². The number of hydrazine groups is 1. The first-order valence-electron chi connectivity index (χ1n) is 8.23. The molecule has 1 unspecified atom stereocenters. The first kappa shape index (κ1) is 19.3. The first-order valence-corrected chi connectivity index (χ1v) is 8.61. The van der Waals surface area contributed by atoms with Crippen LogP contribution in [0.2, 0.25) is 5.02 Å². The maximum absolute atomic E-state index is 13.7. The zero-order valence-corrected chi connectivity index (χ0v) is 15.3. The van der Waals surface area contributed by atoms with Gasteiger partial charge in [-0.05, 0) is 36.1 Å². The van der Waals surface area contributed by atoms with E-state index in [0.29, 0.717) is 18.7 Å². The van der Waals surface area contributed by atoms with Gasteiger partial charge in [0.25, 0.3) is 0 Å². The molecule has 2 rings (SSSR count). The molecule has 0 saturated carbocycles. The summed E-state index contributed by atoms with van der Waals surface area (Å²) >= 11 is 5.82. The molecule has 0 aliphatic carbocycles. The molecule has 1 aromatic carbocycles. The molecule has 1 aliphatic heterocycles. The largest absolute Gasteiger partial charge is 0.376 e. The van der Waals surface area contributed by atoms with Gasteiger partial charge in [0.2, 0.25) is 5.91 Å². The van der Waals surface area contributed by atoms with E-state index >= 15 is 0 Å². The average Bonchev–Trinajstić information content (AvgIpc) is 3.01. The monoisotopic (exact) mass is 366 g/mol. The van der Waals surface area contributed by atoms with Crippen molar-refractivity contribution >= 4 is 23.2 Å². The van der Waals surface area contributed by atoms with Crippen molar-refractivity contribution in [2.45, 2.75) is 25.8 Å². The van der Waals surface area contributed by atoms with E-state index in [1.165, 1.54) is 6.07 Å². The second-order valence-electron chi connectivity index (χ2n) is 5.95. The molecule has 1 heterocycles. The Bertz CT molecular complexity index is 677. The third-order valence-electron chi connectivity index (χ3n) is 4.03. The summed E-state index contributed by atoms with van der Waals surface area (Å²) in [5.74, 6) is -0.670. The summed E-state index contributed by atoms with van der Waals surface area (Å²) in [4.78, 5) is 12.3. The summed E-state index contributed by atoms with van der Waals surface area (Å²) in [5.41, 5.74) is 5.63. The molecular weight excluding hydrogens is 343 g/mol. The van der Waals surface area contributed by atoms with Crippen molar-refractivity contribution in [1.29, 1.82) is 0 Å². The molecule has 7 heteroatoms. The Labute approximate surface area is 152 Å². The van der Waals surface area contributed by atoms with Crippen LogP contribution in [0, 0.1) is 5.82 Å². The normalized spacial score (nSPS) is 14.9. The van der Waals surface area contributed by atoms with Gasteiger partial charge in [0.1, 0.15) is 5.82 Å². The lowest BCUT2D eigenvalue weighted by Crippen LogP contribution is -2.40. The van der Waals surface area contributed by atoms with Gasteiger partial charge in [-0.3, -0.25) is 4.79 Å². The van der Waals surface area contributed by atoms with Gasteiger partial charge in [-0.1, -0.05) is 24.6 Å². The van der Waals surface area contributed by atoms with Gasteiger partial charge >= 0.3 is 0 Å². The minimum absolute atomic E-state index is 0.0265. The van der Waals surface area contributed by atoms with Gasteiger partial charge in [-0.25, -0.2) is 9.82 Å². The Hall–Kier alpha value is -2.05. The number of hydrogen-bond acceptors (Lipinski definition) is 4. The van der Waals surface area contributed by atoms with Crippen LogP contribution < -0.4 is 16.1 Å². The summed E-state index contributed by atoms with van der Waals surface area (Å²) < 4.78 is 13.7. The number of nitrogens with zero attached hydrogens (tertiary/aromatic N) is 1. The second-order valence-corrected chi connectivity index (χ2v) is 6.36. The minimum atomic E-state index is -0.519. The predicted octanol–water partition coefficient (Wildman–Crippen LogP) is 2.85. The third-order valence-corrected chi connectivity index (χ3v) is 4.32. The van der Waals surface area contributed by atoms with Gasteiger partial charge in [-0.15, -0.1) is 6.58 Å². The number of hydrogen-bond donors (Lipinski definition) is 3. The molecule has 0 spiro atoms. The Kier molecular flexibility index (Phi) is 6.84. The predicted molar refractivity (Wildman–Crippen MR) is 99.9 cm³/mol. The van der Waals surface area contributed by atoms with Crippen LogP contribution in [-0.2, 0) is 11.2 Å². The number of anilines is 1. The van der Waals surface area contributed by atoms with E-state index in [9.17, 15) is 9.18 Å². The summed E-state index contributed by atoms with van der Waals surface area (Å²) in [6, 6.07) is 2.84. The lowest BCUT2D eigenvalue weighted by atomic mass is 10.1. The number of carbonyl (C=O) groups is 1. The summed E-state index contributed by atoms with van der Waals surface area (Å²) in [7, 11) is 1.92. The van der Waals surface area contributed by atoms with E-state index in [1.807, 2.05) is 25.2 Å². The highest BCUT2D eigenvalue weighted by Gasteiger charge is 2.19. The van der Waals surface area contributed by atoms with Crippen LogP contribution in [0.1, 0.15) is 18.9 Å². The van der Waals surface area contributed by atoms with Crippen LogP contribution in [0.4, 0.5) is 10.1 Å².